The van der Waals surface area contributed by atoms with Crippen LogP contribution < -0.4 is 5.32 Å². The van der Waals surface area contributed by atoms with Gasteiger partial charge in [-0.1, -0.05) is 18.2 Å². The first kappa shape index (κ1) is 15.3. The minimum Gasteiger partial charge on any atom is -0.365 e. The second-order valence-corrected chi connectivity index (χ2v) is 5.98. The van der Waals surface area contributed by atoms with Crippen LogP contribution in [0.3, 0.4) is 0 Å². The van der Waals surface area contributed by atoms with Gasteiger partial charge in [-0.3, -0.25) is 4.68 Å². The van der Waals surface area contributed by atoms with Gasteiger partial charge in [-0.15, -0.1) is 0 Å². The van der Waals surface area contributed by atoms with Crippen molar-refractivity contribution in [3.05, 3.63) is 59.8 Å². The minimum absolute atomic E-state index is 0.644. The lowest BCUT2D eigenvalue weighted by molar-refractivity contribution is 0.785. The Bertz CT molecular complexity index is 1030. The molecule has 25 heavy (non-hydrogen) atoms. The monoisotopic (exact) mass is 333 g/mol. The number of para-hydroxylation sites is 1. The lowest BCUT2D eigenvalue weighted by Crippen LogP contribution is -2.05. The number of aryl methyl sites for hydroxylation is 2. The third kappa shape index (κ3) is 2.63. The first-order valence-electron chi connectivity index (χ1n) is 8.12. The molecular formula is C18H19N7. The Labute approximate surface area is 145 Å². The maximum Gasteiger partial charge on any atom is 0.163 e. The molecule has 4 rings (SSSR count). The number of rotatable bonds is 4. The third-order valence-electron chi connectivity index (χ3n) is 4.40. The molecule has 3 heterocycles. The van der Waals surface area contributed by atoms with E-state index in [1.807, 2.05) is 36.9 Å². The number of fused-ring (bicyclic) bond motifs is 1. The Kier molecular flexibility index (Phi) is 3.68. The van der Waals surface area contributed by atoms with E-state index in [1.54, 1.807) is 17.2 Å². The maximum absolute atomic E-state index is 4.69. The van der Waals surface area contributed by atoms with Gasteiger partial charge in [-0.2, -0.15) is 10.2 Å². The number of benzene rings is 1. The molecule has 3 aromatic heterocycles. The minimum atomic E-state index is 0.644. The molecule has 0 unspecified atom stereocenters. The topological polar surface area (TPSA) is 73.5 Å². The summed E-state index contributed by atoms with van der Waals surface area (Å²) in [4.78, 5) is 8.62. The summed E-state index contributed by atoms with van der Waals surface area (Å²) in [5.74, 6) is 0.782. The Morgan fingerprint density at radius 2 is 1.88 bits per heavy atom. The van der Waals surface area contributed by atoms with Crippen LogP contribution in [0.5, 0.6) is 0 Å². The van der Waals surface area contributed by atoms with Crippen LogP contribution in [0.1, 0.15) is 17.0 Å². The first-order chi connectivity index (χ1) is 12.1. The number of hydrogen-bond donors (Lipinski definition) is 1. The fraction of sp³-hybridized carbons (Fsp3) is 0.222. The van der Waals surface area contributed by atoms with Crippen molar-refractivity contribution in [1.29, 1.82) is 0 Å². The summed E-state index contributed by atoms with van der Waals surface area (Å²) in [7, 11) is 1.87. The summed E-state index contributed by atoms with van der Waals surface area (Å²) in [6.07, 6.45) is 3.34. The highest BCUT2D eigenvalue weighted by Crippen LogP contribution is 2.22. The summed E-state index contributed by atoms with van der Waals surface area (Å²) in [5.41, 5.74) is 5.16. The highest BCUT2D eigenvalue weighted by Gasteiger charge is 2.14. The van der Waals surface area contributed by atoms with E-state index in [0.29, 0.717) is 6.54 Å². The van der Waals surface area contributed by atoms with Crippen LogP contribution in [0.15, 0.2) is 42.9 Å². The molecule has 1 aromatic carbocycles. The normalized spacial score (nSPS) is 11.2. The Balaban J connectivity index is 1.64. The van der Waals surface area contributed by atoms with Crippen molar-refractivity contribution in [2.45, 2.75) is 20.4 Å². The lowest BCUT2D eigenvalue weighted by Gasteiger charge is -2.08. The molecule has 0 atom stereocenters. The molecule has 126 valence electrons. The van der Waals surface area contributed by atoms with E-state index in [9.17, 15) is 0 Å². The van der Waals surface area contributed by atoms with Crippen LogP contribution in [-0.4, -0.2) is 29.5 Å². The zero-order valence-corrected chi connectivity index (χ0v) is 14.4. The fourth-order valence-corrected chi connectivity index (χ4v) is 3.03. The van der Waals surface area contributed by atoms with E-state index in [-0.39, 0.29) is 0 Å². The van der Waals surface area contributed by atoms with Gasteiger partial charge in [-0.05, 0) is 26.0 Å². The second kappa shape index (κ2) is 6.01. The molecule has 7 heteroatoms. The molecular weight excluding hydrogens is 314 g/mol. The Morgan fingerprint density at radius 3 is 2.68 bits per heavy atom. The lowest BCUT2D eigenvalue weighted by atomic mass is 10.2. The van der Waals surface area contributed by atoms with E-state index < -0.39 is 0 Å². The van der Waals surface area contributed by atoms with E-state index >= 15 is 0 Å². The molecule has 0 aliphatic carbocycles. The number of nitrogens with zero attached hydrogens (tertiary/aromatic N) is 6. The Hall–Kier alpha value is -3.22. The van der Waals surface area contributed by atoms with E-state index in [0.717, 1.165) is 33.9 Å². The van der Waals surface area contributed by atoms with Crippen LogP contribution in [0.25, 0.3) is 16.7 Å². The smallest absolute Gasteiger partial charge is 0.163 e. The number of anilines is 1. The van der Waals surface area contributed by atoms with Crippen molar-refractivity contribution in [1.82, 2.24) is 29.5 Å². The van der Waals surface area contributed by atoms with Gasteiger partial charge in [-0.25, -0.2) is 14.6 Å². The average molecular weight is 333 g/mol. The fourth-order valence-electron chi connectivity index (χ4n) is 3.03. The van der Waals surface area contributed by atoms with Gasteiger partial charge >= 0.3 is 0 Å². The standard InChI is InChI=1S/C18H19N7/c1-12-15(13(2)25(23-12)14-7-5-4-6-8-14)9-19-17-16-10-22-24(3)18(16)21-11-20-17/h4-8,10-11H,9H2,1-3H3,(H,19,20,21). The van der Waals surface area contributed by atoms with E-state index in [4.69, 9.17) is 0 Å². The molecule has 7 nitrogen and oxygen atoms in total. The zero-order chi connectivity index (χ0) is 17.4. The average Bonchev–Trinajstić information content (AvgIpc) is 3.15. The SMILES string of the molecule is Cc1nn(-c2ccccc2)c(C)c1CNc1ncnc2c1cnn2C. The molecule has 0 fully saturated rings. The quantitative estimate of drug-likeness (QED) is 0.622. The third-order valence-corrected chi connectivity index (χ3v) is 4.40. The molecule has 0 aliphatic rings. The van der Waals surface area contributed by atoms with Crippen molar-refractivity contribution < 1.29 is 0 Å². The molecule has 1 N–H and O–H groups in total. The highest BCUT2D eigenvalue weighted by atomic mass is 15.3. The van der Waals surface area contributed by atoms with Crippen LogP contribution in [0.2, 0.25) is 0 Å². The van der Waals surface area contributed by atoms with Crippen molar-refractivity contribution >= 4 is 16.9 Å². The van der Waals surface area contributed by atoms with Crippen LogP contribution in [-0.2, 0) is 13.6 Å². The molecule has 0 spiro atoms. The Morgan fingerprint density at radius 1 is 1.08 bits per heavy atom. The summed E-state index contributed by atoms with van der Waals surface area (Å²) in [6, 6.07) is 10.2. The van der Waals surface area contributed by atoms with E-state index in [2.05, 4.69) is 44.5 Å². The van der Waals surface area contributed by atoms with Gasteiger partial charge in [0.25, 0.3) is 0 Å². The second-order valence-electron chi connectivity index (χ2n) is 5.98. The molecule has 0 radical (unpaired) electrons. The van der Waals surface area contributed by atoms with E-state index in [1.165, 1.54) is 5.56 Å². The van der Waals surface area contributed by atoms with Gasteiger partial charge in [0, 0.05) is 24.8 Å². The molecule has 0 saturated carbocycles. The predicted molar refractivity (Wildman–Crippen MR) is 96.7 cm³/mol. The van der Waals surface area contributed by atoms with Gasteiger partial charge in [0.2, 0.25) is 0 Å². The first-order valence-corrected chi connectivity index (χ1v) is 8.12. The van der Waals surface area contributed by atoms with Crippen molar-refractivity contribution in [3.63, 3.8) is 0 Å². The molecule has 0 bridgehead atoms. The van der Waals surface area contributed by atoms with Gasteiger partial charge in [0.15, 0.2) is 5.65 Å². The molecule has 4 aromatic rings. The number of hydrogen-bond acceptors (Lipinski definition) is 5. The molecule has 0 aliphatic heterocycles. The summed E-state index contributed by atoms with van der Waals surface area (Å²) in [6.45, 7) is 4.76. The molecule has 0 amide bonds. The number of aromatic nitrogens is 6. The highest BCUT2D eigenvalue weighted by molar-refractivity contribution is 5.85. The summed E-state index contributed by atoms with van der Waals surface area (Å²) in [5, 5.41) is 13.3. The van der Waals surface area contributed by atoms with Crippen LogP contribution in [0, 0.1) is 13.8 Å². The van der Waals surface area contributed by atoms with Gasteiger partial charge in [0.05, 0.1) is 23.0 Å². The van der Waals surface area contributed by atoms with Crippen LogP contribution >= 0.6 is 0 Å². The summed E-state index contributed by atoms with van der Waals surface area (Å²) < 4.78 is 3.72. The van der Waals surface area contributed by atoms with Gasteiger partial charge in [0.1, 0.15) is 12.1 Å². The predicted octanol–water partition coefficient (Wildman–Crippen LogP) is 2.78. The maximum atomic E-state index is 4.69. The van der Waals surface area contributed by atoms with Crippen molar-refractivity contribution in [2.75, 3.05) is 5.32 Å². The van der Waals surface area contributed by atoms with Crippen molar-refractivity contribution in [2.24, 2.45) is 7.05 Å². The van der Waals surface area contributed by atoms with Gasteiger partial charge < -0.3 is 5.32 Å². The largest absolute Gasteiger partial charge is 0.365 e. The number of nitrogens with one attached hydrogen (secondary N) is 1. The van der Waals surface area contributed by atoms with Crippen LogP contribution in [0.4, 0.5) is 5.82 Å². The zero-order valence-electron chi connectivity index (χ0n) is 14.4. The van der Waals surface area contributed by atoms with Crippen molar-refractivity contribution in [3.8, 4) is 5.69 Å². The molecule has 0 saturated heterocycles. The summed E-state index contributed by atoms with van der Waals surface area (Å²) >= 11 is 0.